The number of aryl methyl sites for hydroxylation is 1. The fourth-order valence-electron chi connectivity index (χ4n) is 2.62. The van der Waals surface area contributed by atoms with Gasteiger partial charge in [0, 0.05) is 12.2 Å². The number of nitrogens with one attached hydrogen (secondary N) is 2. The van der Waals surface area contributed by atoms with Gasteiger partial charge in [0.2, 0.25) is 5.91 Å². The number of hydrogen-bond donors (Lipinski definition) is 2. The van der Waals surface area contributed by atoms with E-state index >= 15 is 0 Å². The molecule has 1 unspecified atom stereocenters. The molecule has 0 aliphatic carbocycles. The van der Waals surface area contributed by atoms with Crippen molar-refractivity contribution in [3.05, 3.63) is 52.3 Å². The highest BCUT2D eigenvalue weighted by Crippen LogP contribution is 2.32. The summed E-state index contributed by atoms with van der Waals surface area (Å²) < 4.78 is 0.769. The number of pyridine rings is 1. The van der Waals surface area contributed by atoms with Gasteiger partial charge in [0.15, 0.2) is 0 Å². The lowest BCUT2D eigenvalue weighted by atomic mass is 9.90. The lowest BCUT2D eigenvalue weighted by molar-refractivity contribution is -0.117. The first-order valence-electron chi connectivity index (χ1n) is 6.92. The summed E-state index contributed by atoms with van der Waals surface area (Å²) in [6.07, 6.45) is 0.797. The number of aromatic nitrogens is 1. The first kappa shape index (κ1) is 14.1. The third-order valence-corrected chi connectivity index (χ3v) is 4.15. The molecule has 1 atom stereocenters. The Labute approximate surface area is 132 Å². The zero-order valence-electron chi connectivity index (χ0n) is 11.7. The van der Waals surface area contributed by atoms with E-state index < -0.39 is 0 Å². The SMILES string of the molecule is Cc1nc(Br)ccc1NC(=O)C1CCNc2ccccc21. The normalized spacial score (nSPS) is 16.8. The largest absolute Gasteiger partial charge is 0.385 e. The topological polar surface area (TPSA) is 54.0 Å². The van der Waals surface area contributed by atoms with Gasteiger partial charge in [0.1, 0.15) is 4.60 Å². The predicted molar refractivity (Wildman–Crippen MR) is 87.6 cm³/mol. The van der Waals surface area contributed by atoms with Crippen molar-refractivity contribution in [3.8, 4) is 0 Å². The zero-order chi connectivity index (χ0) is 14.8. The summed E-state index contributed by atoms with van der Waals surface area (Å²) in [5, 5.41) is 6.33. The summed E-state index contributed by atoms with van der Waals surface area (Å²) in [6, 6.07) is 11.7. The molecule has 3 rings (SSSR count). The standard InChI is InChI=1S/C16H16BrN3O/c1-10-13(6-7-15(17)19-10)20-16(21)12-8-9-18-14-5-3-2-4-11(12)14/h2-7,12,18H,8-9H2,1H3,(H,20,21). The average molecular weight is 346 g/mol. The number of halogens is 1. The minimum absolute atomic E-state index is 0.0242. The van der Waals surface area contributed by atoms with Crippen molar-refractivity contribution >= 4 is 33.2 Å². The molecule has 0 spiro atoms. The number of anilines is 2. The van der Waals surface area contributed by atoms with E-state index in [0.717, 1.165) is 40.2 Å². The van der Waals surface area contributed by atoms with E-state index in [-0.39, 0.29) is 11.8 Å². The van der Waals surface area contributed by atoms with E-state index in [2.05, 4.69) is 31.5 Å². The van der Waals surface area contributed by atoms with Crippen molar-refractivity contribution in [2.45, 2.75) is 19.3 Å². The van der Waals surface area contributed by atoms with Crippen molar-refractivity contribution in [1.82, 2.24) is 4.98 Å². The van der Waals surface area contributed by atoms with Gasteiger partial charge in [-0.25, -0.2) is 4.98 Å². The second kappa shape index (κ2) is 5.85. The fraction of sp³-hybridized carbons (Fsp3) is 0.250. The van der Waals surface area contributed by atoms with Crippen LogP contribution in [0.4, 0.5) is 11.4 Å². The number of para-hydroxylation sites is 1. The molecule has 1 aliphatic rings. The molecule has 2 aromatic rings. The maximum atomic E-state index is 12.6. The van der Waals surface area contributed by atoms with Gasteiger partial charge in [-0.3, -0.25) is 4.79 Å². The minimum Gasteiger partial charge on any atom is -0.385 e. The molecule has 4 nitrogen and oxygen atoms in total. The summed E-state index contributed by atoms with van der Waals surface area (Å²) in [5.74, 6) is -0.0957. The van der Waals surface area contributed by atoms with Crippen molar-refractivity contribution < 1.29 is 4.79 Å². The molecular formula is C16H16BrN3O. The fourth-order valence-corrected chi connectivity index (χ4v) is 3.02. The molecule has 0 saturated heterocycles. The number of rotatable bonds is 2. The van der Waals surface area contributed by atoms with E-state index in [1.165, 1.54) is 0 Å². The quantitative estimate of drug-likeness (QED) is 0.816. The molecule has 2 N–H and O–H groups in total. The van der Waals surface area contributed by atoms with Gasteiger partial charge < -0.3 is 10.6 Å². The highest BCUT2D eigenvalue weighted by molar-refractivity contribution is 9.10. The van der Waals surface area contributed by atoms with Gasteiger partial charge in [-0.05, 0) is 53.0 Å². The molecule has 1 aliphatic heterocycles. The van der Waals surface area contributed by atoms with Crippen molar-refractivity contribution in [3.63, 3.8) is 0 Å². The molecule has 0 fully saturated rings. The Morgan fingerprint density at radius 1 is 1.33 bits per heavy atom. The number of hydrogen-bond acceptors (Lipinski definition) is 3. The summed E-state index contributed by atoms with van der Waals surface area (Å²) in [7, 11) is 0. The van der Waals surface area contributed by atoms with Crippen LogP contribution in [0.25, 0.3) is 0 Å². The van der Waals surface area contributed by atoms with E-state index in [0.29, 0.717) is 0 Å². The van der Waals surface area contributed by atoms with E-state index in [1.54, 1.807) is 0 Å². The molecule has 1 amide bonds. The van der Waals surface area contributed by atoms with Gasteiger partial charge in [-0.15, -0.1) is 0 Å². The average Bonchev–Trinajstić information content (AvgIpc) is 2.49. The van der Waals surface area contributed by atoms with Gasteiger partial charge in [-0.2, -0.15) is 0 Å². The van der Waals surface area contributed by atoms with Gasteiger partial charge >= 0.3 is 0 Å². The van der Waals surface area contributed by atoms with Crippen LogP contribution >= 0.6 is 15.9 Å². The van der Waals surface area contributed by atoms with Crippen LogP contribution in [0.1, 0.15) is 23.6 Å². The van der Waals surface area contributed by atoms with Crippen LogP contribution in [0, 0.1) is 6.92 Å². The second-order valence-electron chi connectivity index (χ2n) is 5.11. The van der Waals surface area contributed by atoms with Gasteiger partial charge in [0.05, 0.1) is 17.3 Å². The summed E-state index contributed by atoms with van der Waals surface area (Å²) in [5.41, 5.74) is 3.68. The van der Waals surface area contributed by atoms with Crippen LogP contribution in [0.15, 0.2) is 41.0 Å². The van der Waals surface area contributed by atoms with E-state index in [1.807, 2.05) is 43.3 Å². The van der Waals surface area contributed by atoms with E-state index in [9.17, 15) is 4.79 Å². The van der Waals surface area contributed by atoms with Crippen LogP contribution < -0.4 is 10.6 Å². The number of benzene rings is 1. The first-order chi connectivity index (χ1) is 10.1. The Bertz CT molecular complexity index is 687. The maximum Gasteiger partial charge on any atom is 0.232 e. The number of nitrogens with zero attached hydrogens (tertiary/aromatic N) is 1. The molecule has 0 saturated carbocycles. The van der Waals surface area contributed by atoms with Crippen LogP contribution in [0.5, 0.6) is 0 Å². The number of fused-ring (bicyclic) bond motifs is 1. The molecule has 1 aromatic heterocycles. The highest BCUT2D eigenvalue weighted by atomic mass is 79.9. The lowest BCUT2D eigenvalue weighted by Gasteiger charge is -2.26. The second-order valence-corrected chi connectivity index (χ2v) is 5.92. The van der Waals surface area contributed by atoms with Crippen molar-refractivity contribution in [1.29, 1.82) is 0 Å². The zero-order valence-corrected chi connectivity index (χ0v) is 13.3. The Kier molecular flexibility index (Phi) is 3.92. The predicted octanol–water partition coefficient (Wildman–Crippen LogP) is 3.69. The molecule has 108 valence electrons. The molecule has 0 radical (unpaired) electrons. The molecule has 2 heterocycles. The van der Waals surface area contributed by atoms with Gasteiger partial charge in [0.25, 0.3) is 0 Å². The first-order valence-corrected chi connectivity index (χ1v) is 7.71. The molecule has 5 heteroatoms. The van der Waals surface area contributed by atoms with Crippen LogP contribution in [0.2, 0.25) is 0 Å². The third-order valence-electron chi connectivity index (χ3n) is 3.71. The molecule has 21 heavy (non-hydrogen) atoms. The highest BCUT2D eigenvalue weighted by Gasteiger charge is 2.26. The molecule has 0 bridgehead atoms. The molecular weight excluding hydrogens is 330 g/mol. The summed E-state index contributed by atoms with van der Waals surface area (Å²) in [4.78, 5) is 16.9. The Hall–Kier alpha value is -1.88. The smallest absolute Gasteiger partial charge is 0.232 e. The van der Waals surface area contributed by atoms with E-state index in [4.69, 9.17) is 0 Å². The summed E-state index contributed by atoms with van der Waals surface area (Å²) in [6.45, 7) is 2.70. The Morgan fingerprint density at radius 2 is 2.14 bits per heavy atom. The number of carbonyl (C=O) groups excluding carboxylic acids is 1. The van der Waals surface area contributed by atoms with Crippen LogP contribution in [0.3, 0.4) is 0 Å². The Balaban J connectivity index is 1.83. The maximum absolute atomic E-state index is 12.6. The van der Waals surface area contributed by atoms with Crippen molar-refractivity contribution in [2.24, 2.45) is 0 Å². The van der Waals surface area contributed by atoms with Crippen molar-refractivity contribution in [2.75, 3.05) is 17.2 Å². The minimum atomic E-state index is -0.120. The van der Waals surface area contributed by atoms with Crippen LogP contribution in [-0.4, -0.2) is 17.4 Å². The lowest BCUT2D eigenvalue weighted by Crippen LogP contribution is -2.27. The number of amides is 1. The monoisotopic (exact) mass is 345 g/mol. The summed E-state index contributed by atoms with van der Waals surface area (Å²) >= 11 is 3.33. The van der Waals surface area contributed by atoms with Gasteiger partial charge in [-0.1, -0.05) is 18.2 Å². The third kappa shape index (κ3) is 2.93. The van der Waals surface area contributed by atoms with Crippen LogP contribution in [-0.2, 0) is 4.79 Å². The molecule has 1 aromatic carbocycles. The Morgan fingerprint density at radius 3 is 2.95 bits per heavy atom. The number of carbonyl (C=O) groups is 1.